The van der Waals surface area contributed by atoms with Gasteiger partial charge in [0.15, 0.2) is 5.65 Å². The van der Waals surface area contributed by atoms with Crippen molar-refractivity contribution in [2.45, 2.75) is 0 Å². The zero-order chi connectivity index (χ0) is 19.5. The molecule has 3 aromatic heterocycles. The maximum atomic E-state index is 12.5. The molecular formula is C20H16N6O2. The van der Waals surface area contributed by atoms with Gasteiger partial charge in [0.05, 0.1) is 11.9 Å². The number of benzene rings is 1. The summed E-state index contributed by atoms with van der Waals surface area (Å²) in [6.07, 6.45) is 6.26. The lowest BCUT2D eigenvalue weighted by molar-refractivity contribution is 0.101. The van der Waals surface area contributed by atoms with E-state index in [-0.39, 0.29) is 11.8 Å². The van der Waals surface area contributed by atoms with E-state index in [0.29, 0.717) is 33.7 Å². The van der Waals surface area contributed by atoms with Crippen LogP contribution in [-0.2, 0) is 7.05 Å². The average molecular weight is 372 g/mol. The van der Waals surface area contributed by atoms with Crippen LogP contribution in [0.15, 0.2) is 67.4 Å². The molecule has 8 heteroatoms. The zero-order valence-electron chi connectivity index (χ0n) is 15.0. The summed E-state index contributed by atoms with van der Waals surface area (Å²) < 4.78 is 1.78. The number of nitrogens with zero attached hydrogens (tertiary/aromatic N) is 4. The summed E-state index contributed by atoms with van der Waals surface area (Å²) in [5.41, 5.74) is 3.37. The Morgan fingerprint density at radius 3 is 2.29 bits per heavy atom. The van der Waals surface area contributed by atoms with Crippen LogP contribution in [0.3, 0.4) is 0 Å². The number of aromatic nitrogens is 4. The van der Waals surface area contributed by atoms with Gasteiger partial charge in [0.1, 0.15) is 5.52 Å². The van der Waals surface area contributed by atoms with Crippen molar-refractivity contribution in [1.29, 1.82) is 0 Å². The number of rotatable bonds is 4. The number of amides is 2. The fourth-order valence-corrected chi connectivity index (χ4v) is 2.72. The summed E-state index contributed by atoms with van der Waals surface area (Å²) in [6.45, 7) is 0. The van der Waals surface area contributed by atoms with Crippen LogP contribution in [0.2, 0.25) is 0 Å². The molecule has 0 unspecified atom stereocenters. The van der Waals surface area contributed by atoms with Crippen LogP contribution in [0.1, 0.15) is 20.7 Å². The third kappa shape index (κ3) is 3.56. The number of fused-ring (bicyclic) bond motifs is 1. The predicted molar refractivity (Wildman–Crippen MR) is 105 cm³/mol. The summed E-state index contributed by atoms with van der Waals surface area (Å²) >= 11 is 0. The van der Waals surface area contributed by atoms with Crippen molar-refractivity contribution >= 4 is 34.4 Å². The van der Waals surface area contributed by atoms with Gasteiger partial charge < -0.3 is 15.2 Å². The van der Waals surface area contributed by atoms with Gasteiger partial charge in [-0.25, -0.2) is 9.97 Å². The molecule has 28 heavy (non-hydrogen) atoms. The normalized spacial score (nSPS) is 10.6. The van der Waals surface area contributed by atoms with Crippen molar-refractivity contribution in [2.24, 2.45) is 7.05 Å². The highest BCUT2D eigenvalue weighted by atomic mass is 16.2. The minimum Gasteiger partial charge on any atom is -0.322 e. The minimum absolute atomic E-state index is 0.254. The largest absolute Gasteiger partial charge is 0.322 e. The third-order valence-electron chi connectivity index (χ3n) is 4.13. The van der Waals surface area contributed by atoms with E-state index in [0.717, 1.165) is 0 Å². The summed E-state index contributed by atoms with van der Waals surface area (Å²) in [5.74, 6) is -0.562. The smallest absolute Gasteiger partial charge is 0.257 e. The Kier molecular flexibility index (Phi) is 4.51. The van der Waals surface area contributed by atoms with Gasteiger partial charge in [0.2, 0.25) is 0 Å². The van der Waals surface area contributed by atoms with Gasteiger partial charge >= 0.3 is 0 Å². The van der Waals surface area contributed by atoms with Crippen molar-refractivity contribution in [2.75, 3.05) is 10.6 Å². The molecule has 0 radical (unpaired) electrons. The van der Waals surface area contributed by atoms with Gasteiger partial charge in [0, 0.05) is 42.6 Å². The molecule has 8 nitrogen and oxygen atoms in total. The van der Waals surface area contributed by atoms with Gasteiger partial charge in [-0.3, -0.25) is 14.6 Å². The summed E-state index contributed by atoms with van der Waals surface area (Å²) in [4.78, 5) is 37.2. The highest BCUT2D eigenvalue weighted by Crippen LogP contribution is 2.18. The molecular weight excluding hydrogens is 356 g/mol. The molecule has 0 fully saturated rings. The SMILES string of the molecule is Cn1cnc2cc(C(=O)Nc3cccc(NC(=O)c4ccncc4)c3)cnc21. The molecule has 4 aromatic rings. The van der Waals surface area contributed by atoms with Crippen LogP contribution >= 0.6 is 0 Å². The van der Waals surface area contributed by atoms with Crippen LogP contribution < -0.4 is 10.6 Å². The molecule has 3 heterocycles. The topological polar surface area (TPSA) is 102 Å². The van der Waals surface area contributed by atoms with Crippen molar-refractivity contribution in [1.82, 2.24) is 19.5 Å². The Morgan fingerprint density at radius 1 is 0.893 bits per heavy atom. The van der Waals surface area contributed by atoms with E-state index in [1.54, 1.807) is 65.8 Å². The number of anilines is 2. The van der Waals surface area contributed by atoms with Gasteiger partial charge in [0.25, 0.3) is 11.8 Å². The van der Waals surface area contributed by atoms with Gasteiger partial charge in [-0.15, -0.1) is 0 Å². The summed E-state index contributed by atoms with van der Waals surface area (Å²) in [6, 6.07) is 11.9. The van der Waals surface area contributed by atoms with Crippen LogP contribution in [-0.4, -0.2) is 31.3 Å². The lowest BCUT2D eigenvalue weighted by atomic mass is 10.2. The van der Waals surface area contributed by atoms with E-state index in [1.165, 1.54) is 6.20 Å². The Balaban J connectivity index is 1.49. The van der Waals surface area contributed by atoms with Crippen molar-refractivity contribution in [3.63, 3.8) is 0 Å². The average Bonchev–Trinajstić information content (AvgIpc) is 3.09. The second-order valence-electron chi connectivity index (χ2n) is 6.15. The predicted octanol–water partition coefficient (Wildman–Crippen LogP) is 2.87. The first-order valence-corrected chi connectivity index (χ1v) is 8.50. The number of hydrogen-bond acceptors (Lipinski definition) is 5. The Bertz CT molecular complexity index is 1170. The minimum atomic E-state index is -0.308. The van der Waals surface area contributed by atoms with Crippen LogP contribution in [0.25, 0.3) is 11.2 Å². The van der Waals surface area contributed by atoms with E-state index in [9.17, 15) is 9.59 Å². The first-order valence-electron chi connectivity index (χ1n) is 8.50. The number of nitrogens with one attached hydrogen (secondary N) is 2. The molecule has 0 saturated carbocycles. The molecule has 1 aromatic carbocycles. The van der Waals surface area contributed by atoms with Crippen molar-refractivity contribution in [3.8, 4) is 0 Å². The van der Waals surface area contributed by atoms with E-state index in [2.05, 4.69) is 25.6 Å². The monoisotopic (exact) mass is 372 g/mol. The van der Waals surface area contributed by atoms with Crippen molar-refractivity contribution < 1.29 is 9.59 Å². The third-order valence-corrected chi connectivity index (χ3v) is 4.13. The molecule has 0 saturated heterocycles. The second-order valence-corrected chi connectivity index (χ2v) is 6.15. The standard InChI is InChI=1S/C20H16N6O2/c1-26-12-23-17-9-14(11-22-18(17)26)20(28)25-16-4-2-3-15(10-16)24-19(27)13-5-7-21-8-6-13/h2-12H,1H3,(H,24,27)(H,25,28). The Labute approximate surface area is 160 Å². The molecule has 2 N–H and O–H groups in total. The first-order chi connectivity index (χ1) is 13.6. The van der Waals surface area contributed by atoms with E-state index in [1.807, 2.05) is 7.05 Å². The first kappa shape index (κ1) is 17.3. The zero-order valence-corrected chi connectivity index (χ0v) is 15.0. The highest BCUT2D eigenvalue weighted by molar-refractivity contribution is 6.07. The number of carbonyl (C=O) groups excluding carboxylic acids is 2. The molecule has 0 aliphatic rings. The maximum absolute atomic E-state index is 12.5. The van der Waals surface area contributed by atoms with Crippen molar-refractivity contribution in [3.05, 3.63) is 78.5 Å². The molecule has 4 rings (SSSR count). The van der Waals surface area contributed by atoms with E-state index < -0.39 is 0 Å². The lowest BCUT2D eigenvalue weighted by Gasteiger charge is -2.09. The summed E-state index contributed by atoms with van der Waals surface area (Å²) in [7, 11) is 1.84. The van der Waals surface area contributed by atoms with Crippen LogP contribution in [0.4, 0.5) is 11.4 Å². The molecule has 0 bridgehead atoms. The molecule has 0 aliphatic heterocycles. The summed E-state index contributed by atoms with van der Waals surface area (Å²) in [5, 5.41) is 5.60. The van der Waals surface area contributed by atoms with Crippen LogP contribution in [0, 0.1) is 0 Å². The molecule has 0 atom stereocenters. The molecule has 2 amide bonds. The number of pyridine rings is 2. The molecule has 0 aliphatic carbocycles. The molecule has 138 valence electrons. The van der Waals surface area contributed by atoms with E-state index in [4.69, 9.17) is 0 Å². The fraction of sp³-hybridized carbons (Fsp3) is 0.0500. The number of hydrogen-bond donors (Lipinski definition) is 2. The number of aryl methyl sites for hydroxylation is 1. The lowest BCUT2D eigenvalue weighted by Crippen LogP contribution is -2.14. The Morgan fingerprint density at radius 2 is 1.57 bits per heavy atom. The Hall–Kier alpha value is -4.07. The second kappa shape index (κ2) is 7.28. The van der Waals surface area contributed by atoms with Crippen LogP contribution in [0.5, 0.6) is 0 Å². The molecule has 0 spiro atoms. The van der Waals surface area contributed by atoms with Gasteiger partial charge in [-0.1, -0.05) is 6.07 Å². The van der Waals surface area contributed by atoms with E-state index >= 15 is 0 Å². The fourth-order valence-electron chi connectivity index (χ4n) is 2.72. The van der Waals surface area contributed by atoms with Gasteiger partial charge in [-0.2, -0.15) is 0 Å². The highest BCUT2D eigenvalue weighted by Gasteiger charge is 2.11. The maximum Gasteiger partial charge on any atom is 0.257 e. The van der Waals surface area contributed by atoms with Gasteiger partial charge in [-0.05, 0) is 36.4 Å². The quantitative estimate of drug-likeness (QED) is 0.573. The number of imidazole rings is 1. The number of carbonyl (C=O) groups is 2.